The van der Waals surface area contributed by atoms with Crippen LogP contribution in [0.25, 0.3) is 0 Å². The third-order valence-electron chi connectivity index (χ3n) is 8.74. The fourth-order valence-electron chi connectivity index (χ4n) is 5.97. The number of aromatic nitrogens is 2. The Morgan fingerprint density at radius 3 is 2.24 bits per heavy atom. The van der Waals surface area contributed by atoms with Crippen molar-refractivity contribution in [3.05, 3.63) is 64.8 Å². The SMILES string of the molecule is CCC(CC)(c1ccc(Nc2ncc(C(F)(F)F)c(Nc3ccc([C@H]4CC[C@@H](O)CC4)cc3C(=O)NC)n2)c(OC)c1)P(=O)(O)O. The average molecular weight is 666 g/mol. The normalized spacial score (nSPS) is 17.3. The lowest BCUT2D eigenvalue weighted by Crippen LogP contribution is -2.24. The number of hydrogen-bond donors (Lipinski definition) is 6. The van der Waals surface area contributed by atoms with Crippen LogP contribution in [-0.2, 0) is 15.9 Å². The zero-order chi connectivity index (χ0) is 33.9. The van der Waals surface area contributed by atoms with Crippen LogP contribution in [0.2, 0.25) is 0 Å². The molecule has 1 amide bonds. The molecule has 0 saturated heterocycles. The van der Waals surface area contributed by atoms with Crippen molar-refractivity contribution >= 4 is 36.6 Å². The summed E-state index contributed by atoms with van der Waals surface area (Å²) >= 11 is 0. The van der Waals surface area contributed by atoms with E-state index in [0.717, 1.165) is 18.4 Å². The maximum absolute atomic E-state index is 14.1. The van der Waals surface area contributed by atoms with Crippen molar-refractivity contribution in [1.29, 1.82) is 0 Å². The lowest BCUT2D eigenvalue weighted by atomic mass is 9.82. The molecule has 1 heterocycles. The molecule has 0 aliphatic heterocycles. The molecule has 0 unspecified atom stereocenters. The second-order valence-electron chi connectivity index (χ2n) is 11.3. The fraction of sp³-hybridized carbons (Fsp3) is 0.452. The largest absolute Gasteiger partial charge is 0.495 e. The summed E-state index contributed by atoms with van der Waals surface area (Å²) in [6.45, 7) is 3.35. The van der Waals surface area contributed by atoms with Crippen LogP contribution in [0.5, 0.6) is 5.75 Å². The molecule has 1 aliphatic carbocycles. The highest BCUT2D eigenvalue weighted by Crippen LogP contribution is 2.61. The molecule has 250 valence electrons. The van der Waals surface area contributed by atoms with Crippen molar-refractivity contribution in [2.75, 3.05) is 24.8 Å². The summed E-state index contributed by atoms with van der Waals surface area (Å²) in [5.41, 5.74) is 0.511. The van der Waals surface area contributed by atoms with E-state index in [1.807, 2.05) is 0 Å². The van der Waals surface area contributed by atoms with Crippen molar-refractivity contribution in [2.45, 2.75) is 75.7 Å². The summed E-state index contributed by atoms with van der Waals surface area (Å²) in [5, 5.41) is 16.5. The summed E-state index contributed by atoms with van der Waals surface area (Å²) in [6.07, 6.45) is -1.57. The minimum absolute atomic E-state index is 0.101. The molecule has 0 spiro atoms. The maximum Gasteiger partial charge on any atom is 0.421 e. The number of nitrogens with zero attached hydrogens (tertiary/aromatic N) is 2. The van der Waals surface area contributed by atoms with Gasteiger partial charge in [0.1, 0.15) is 17.1 Å². The summed E-state index contributed by atoms with van der Waals surface area (Å²) in [4.78, 5) is 41.1. The Hall–Kier alpha value is -3.71. The van der Waals surface area contributed by atoms with Gasteiger partial charge in [-0.2, -0.15) is 18.2 Å². The number of benzene rings is 2. The third kappa shape index (κ3) is 7.30. The van der Waals surface area contributed by atoms with Gasteiger partial charge >= 0.3 is 13.8 Å². The van der Waals surface area contributed by atoms with Gasteiger partial charge < -0.3 is 35.6 Å². The number of aliphatic hydroxyl groups excluding tert-OH is 1. The predicted molar refractivity (Wildman–Crippen MR) is 168 cm³/mol. The second-order valence-corrected chi connectivity index (χ2v) is 13.2. The molecule has 1 aliphatic rings. The van der Waals surface area contributed by atoms with Crippen LogP contribution >= 0.6 is 7.60 Å². The van der Waals surface area contributed by atoms with Gasteiger partial charge in [0.2, 0.25) is 5.95 Å². The highest BCUT2D eigenvalue weighted by atomic mass is 31.2. The van der Waals surface area contributed by atoms with Crippen LogP contribution in [0, 0.1) is 0 Å². The number of carbonyl (C=O) groups excluding carboxylic acids is 1. The molecule has 1 fully saturated rings. The Morgan fingerprint density at radius 1 is 1.02 bits per heavy atom. The number of nitrogens with one attached hydrogen (secondary N) is 3. The number of carbonyl (C=O) groups is 1. The number of ether oxygens (including phenoxy) is 1. The molecular formula is C31H39F3N5O6P. The molecule has 15 heteroatoms. The van der Waals surface area contributed by atoms with Crippen LogP contribution < -0.4 is 20.7 Å². The minimum Gasteiger partial charge on any atom is -0.495 e. The third-order valence-corrected chi connectivity index (χ3v) is 10.7. The first kappa shape index (κ1) is 35.1. The van der Waals surface area contributed by atoms with Gasteiger partial charge in [-0.1, -0.05) is 26.0 Å². The standard InChI is InChI=1S/C31H39F3N5O6P/c1-5-30(6-2,46(42,43)44)20-10-14-25(26(16-20)45-4)38-29-36-17-23(31(32,33)34)27(39-29)37-24-13-9-19(15-22(24)28(41)35-3)18-7-11-21(40)12-8-18/h9-10,13-18,21,40H,5-8,11-12H2,1-4H3,(H,35,41)(H2,42,43,44)(H2,36,37,38,39)/t18-,21+. The van der Waals surface area contributed by atoms with Crippen molar-refractivity contribution in [2.24, 2.45) is 0 Å². The van der Waals surface area contributed by atoms with Crippen LogP contribution in [-0.4, -0.2) is 51.0 Å². The van der Waals surface area contributed by atoms with Crippen LogP contribution in [0.3, 0.4) is 0 Å². The van der Waals surface area contributed by atoms with E-state index in [2.05, 4.69) is 25.9 Å². The van der Waals surface area contributed by atoms with Gasteiger partial charge in [0.15, 0.2) is 0 Å². The summed E-state index contributed by atoms with van der Waals surface area (Å²) in [6, 6.07) is 9.42. The monoisotopic (exact) mass is 665 g/mol. The van der Waals surface area contributed by atoms with Gasteiger partial charge in [-0.3, -0.25) is 9.36 Å². The predicted octanol–water partition coefficient (Wildman–Crippen LogP) is 6.56. The molecule has 4 rings (SSSR count). The van der Waals surface area contributed by atoms with Crippen molar-refractivity contribution in [3.8, 4) is 5.75 Å². The molecule has 0 radical (unpaired) electrons. The first-order valence-corrected chi connectivity index (χ1v) is 16.5. The molecule has 0 atom stereocenters. The van der Waals surface area contributed by atoms with E-state index < -0.39 is 36.2 Å². The Balaban J connectivity index is 1.72. The molecule has 0 bridgehead atoms. The Labute approximate surface area is 265 Å². The van der Waals surface area contributed by atoms with E-state index in [0.29, 0.717) is 24.6 Å². The van der Waals surface area contributed by atoms with E-state index in [4.69, 9.17) is 4.74 Å². The van der Waals surface area contributed by atoms with Gasteiger partial charge in [0.05, 0.1) is 35.3 Å². The lowest BCUT2D eigenvalue weighted by molar-refractivity contribution is -0.137. The first-order chi connectivity index (χ1) is 21.7. The first-order valence-electron chi connectivity index (χ1n) is 14.9. The zero-order valence-electron chi connectivity index (χ0n) is 26.0. The van der Waals surface area contributed by atoms with Gasteiger partial charge in [-0.05, 0) is 79.8 Å². The van der Waals surface area contributed by atoms with Crippen LogP contribution in [0.1, 0.15) is 85.3 Å². The molecule has 6 N–H and O–H groups in total. The Kier molecular flexibility index (Phi) is 10.7. The number of aliphatic hydroxyl groups is 1. The number of alkyl halides is 3. The van der Waals surface area contributed by atoms with E-state index >= 15 is 0 Å². The second kappa shape index (κ2) is 14.0. The lowest BCUT2D eigenvalue weighted by Gasteiger charge is -2.33. The van der Waals surface area contributed by atoms with Gasteiger partial charge in [0, 0.05) is 13.2 Å². The van der Waals surface area contributed by atoms with Gasteiger partial charge in [-0.25, -0.2) is 4.98 Å². The molecular weight excluding hydrogens is 626 g/mol. The molecule has 46 heavy (non-hydrogen) atoms. The Bertz CT molecular complexity index is 1600. The highest BCUT2D eigenvalue weighted by Gasteiger charge is 2.45. The molecule has 11 nitrogen and oxygen atoms in total. The zero-order valence-corrected chi connectivity index (χ0v) is 26.9. The number of amides is 1. The van der Waals surface area contributed by atoms with Crippen molar-refractivity contribution in [1.82, 2.24) is 15.3 Å². The average Bonchev–Trinajstić information content (AvgIpc) is 3.01. The highest BCUT2D eigenvalue weighted by molar-refractivity contribution is 7.53. The summed E-state index contributed by atoms with van der Waals surface area (Å²) in [5.74, 6) is -1.06. The van der Waals surface area contributed by atoms with Crippen LogP contribution in [0.15, 0.2) is 42.6 Å². The minimum atomic E-state index is -4.83. The van der Waals surface area contributed by atoms with E-state index in [9.17, 15) is 37.4 Å². The van der Waals surface area contributed by atoms with Crippen LogP contribution in [0.4, 0.5) is 36.3 Å². The van der Waals surface area contributed by atoms with Gasteiger partial charge in [-0.15, -0.1) is 0 Å². The summed E-state index contributed by atoms with van der Waals surface area (Å²) < 4.78 is 60.2. The number of anilines is 4. The quantitative estimate of drug-likeness (QED) is 0.124. The van der Waals surface area contributed by atoms with Crippen molar-refractivity contribution in [3.63, 3.8) is 0 Å². The number of halogens is 3. The van der Waals surface area contributed by atoms with E-state index in [1.165, 1.54) is 38.4 Å². The van der Waals surface area contributed by atoms with Crippen molar-refractivity contribution < 1.29 is 42.2 Å². The summed E-state index contributed by atoms with van der Waals surface area (Å²) in [7, 11) is -1.81. The van der Waals surface area contributed by atoms with E-state index in [1.54, 1.807) is 26.0 Å². The Morgan fingerprint density at radius 2 is 1.67 bits per heavy atom. The van der Waals surface area contributed by atoms with Gasteiger partial charge in [0.25, 0.3) is 5.91 Å². The van der Waals surface area contributed by atoms with E-state index in [-0.39, 0.29) is 53.5 Å². The molecule has 3 aromatic rings. The number of rotatable bonds is 11. The number of hydrogen-bond acceptors (Lipinski definition) is 8. The fourth-order valence-corrected chi connectivity index (χ4v) is 7.27. The topological polar surface area (TPSA) is 166 Å². The smallest absolute Gasteiger partial charge is 0.421 e. The molecule has 2 aromatic carbocycles. The maximum atomic E-state index is 14.1. The molecule has 1 aromatic heterocycles. The molecule has 1 saturated carbocycles. The number of methoxy groups -OCH3 is 1.